The normalized spacial score (nSPS) is 11.0. The lowest BCUT2D eigenvalue weighted by Gasteiger charge is -2.02. The van der Waals surface area contributed by atoms with Crippen LogP contribution in [-0.2, 0) is 6.42 Å². The molecule has 18 heavy (non-hydrogen) atoms. The molecule has 90 valence electrons. The lowest BCUT2D eigenvalue weighted by molar-refractivity contribution is 1.02. The number of nitrogens with one attached hydrogen (secondary N) is 1. The van der Waals surface area contributed by atoms with Crippen LogP contribution in [0, 0.1) is 6.92 Å². The van der Waals surface area contributed by atoms with Crippen LogP contribution in [0.5, 0.6) is 0 Å². The molecule has 2 heterocycles. The van der Waals surface area contributed by atoms with Crippen molar-refractivity contribution in [2.45, 2.75) is 13.3 Å². The molecule has 0 bridgehead atoms. The van der Waals surface area contributed by atoms with Crippen LogP contribution >= 0.6 is 11.6 Å². The molecule has 1 N–H and O–H groups in total. The first-order chi connectivity index (χ1) is 8.70. The third-order valence-corrected chi connectivity index (χ3v) is 3.05. The van der Waals surface area contributed by atoms with Gasteiger partial charge >= 0.3 is 0 Å². The lowest BCUT2D eigenvalue weighted by Crippen LogP contribution is -1.91. The number of imidazole rings is 1. The van der Waals surface area contributed by atoms with Crippen molar-refractivity contribution < 1.29 is 0 Å². The molecule has 0 unspecified atom stereocenters. The molecule has 0 saturated carbocycles. The number of rotatable bonds is 2. The van der Waals surface area contributed by atoms with Gasteiger partial charge in [0.15, 0.2) is 0 Å². The third-order valence-electron chi connectivity index (χ3n) is 2.84. The first kappa shape index (κ1) is 11.2. The highest BCUT2D eigenvalue weighted by atomic mass is 35.5. The fourth-order valence-corrected chi connectivity index (χ4v) is 2.18. The van der Waals surface area contributed by atoms with Crippen LogP contribution in [0.3, 0.4) is 0 Å². The van der Waals surface area contributed by atoms with Gasteiger partial charge in [-0.15, -0.1) is 0 Å². The van der Waals surface area contributed by atoms with Gasteiger partial charge in [0.05, 0.1) is 10.5 Å². The molecule has 0 aliphatic rings. The monoisotopic (exact) mass is 257 g/mol. The molecule has 3 aromatic rings. The Labute approximate surface area is 110 Å². The highest BCUT2D eigenvalue weighted by Crippen LogP contribution is 2.19. The van der Waals surface area contributed by atoms with Gasteiger partial charge in [-0.3, -0.25) is 4.98 Å². The molecule has 1 aromatic carbocycles. The Morgan fingerprint density at radius 1 is 1.17 bits per heavy atom. The van der Waals surface area contributed by atoms with E-state index in [0.717, 1.165) is 28.8 Å². The number of nitrogens with zero attached hydrogens (tertiary/aromatic N) is 2. The first-order valence-electron chi connectivity index (χ1n) is 5.75. The molecule has 0 radical (unpaired) electrons. The Kier molecular flexibility index (Phi) is 2.76. The summed E-state index contributed by atoms with van der Waals surface area (Å²) in [7, 11) is 0. The standard InChI is InChI=1S/C14H12ClN3/c1-9-7-17-14(18-9)5-10-2-3-13-11(4-10)6-12(15)8-16-13/h2-4,6-8H,5H2,1H3,(H,17,18). The summed E-state index contributed by atoms with van der Waals surface area (Å²) in [5.74, 6) is 0.974. The van der Waals surface area contributed by atoms with Gasteiger partial charge in [-0.25, -0.2) is 4.98 Å². The Bertz CT molecular complexity index is 703. The zero-order valence-corrected chi connectivity index (χ0v) is 10.7. The third kappa shape index (κ3) is 2.22. The minimum absolute atomic E-state index is 0.661. The van der Waals surface area contributed by atoms with E-state index >= 15 is 0 Å². The van der Waals surface area contributed by atoms with E-state index in [4.69, 9.17) is 11.6 Å². The first-order valence-corrected chi connectivity index (χ1v) is 6.13. The predicted octanol–water partition coefficient (Wildman–Crippen LogP) is 3.51. The van der Waals surface area contributed by atoms with Crippen molar-refractivity contribution in [3.05, 3.63) is 58.8 Å². The van der Waals surface area contributed by atoms with Crippen molar-refractivity contribution in [2.75, 3.05) is 0 Å². The van der Waals surface area contributed by atoms with Crippen LogP contribution in [0.2, 0.25) is 5.02 Å². The molecule has 0 spiro atoms. The summed E-state index contributed by atoms with van der Waals surface area (Å²) in [5.41, 5.74) is 3.23. The van der Waals surface area contributed by atoms with E-state index in [2.05, 4.69) is 27.1 Å². The second-order valence-corrected chi connectivity index (χ2v) is 4.81. The van der Waals surface area contributed by atoms with Gasteiger partial charge in [-0.2, -0.15) is 0 Å². The van der Waals surface area contributed by atoms with Gasteiger partial charge in [0.2, 0.25) is 0 Å². The Morgan fingerprint density at radius 3 is 2.83 bits per heavy atom. The number of aryl methyl sites for hydroxylation is 1. The van der Waals surface area contributed by atoms with E-state index in [1.807, 2.05) is 25.3 Å². The van der Waals surface area contributed by atoms with Gasteiger partial charge in [0.1, 0.15) is 5.82 Å². The van der Waals surface area contributed by atoms with Crippen molar-refractivity contribution in [2.24, 2.45) is 0 Å². The van der Waals surface area contributed by atoms with Crippen LogP contribution in [0.4, 0.5) is 0 Å². The maximum atomic E-state index is 5.95. The molecule has 0 saturated heterocycles. The summed E-state index contributed by atoms with van der Waals surface area (Å²) < 4.78 is 0. The van der Waals surface area contributed by atoms with Crippen LogP contribution in [0.1, 0.15) is 17.1 Å². The minimum Gasteiger partial charge on any atom is -0.346 e. The van der Waals surface area contributed by atoms with E-state index in [-0.39, 0.29) is 0 Å². The number of aromatic nitrogens is 3. The largest absolute Gasteiger partial charge is 0.346 e. The van der Waals surface area contributed by atoms with Crippen LogP contribution in [-0.4, -0.2) is 15.0 Å². The minimum atomic E-state index is 0.661. The zero-order valence-electron chi connectivity index (χ0n) is 9.94. The molecule has 0 atom stereocenters. The van der Waals surface area contributed by atoms with Crippen molar-refractivity contribution in [1.82, 2.24) is 15.0 Å². The Balaban J connectivity index is 1.97. The summed E-state index contributed by atoms with van der Waals surface area (Å²) in [5, 5.41) is 1.72. The maximum absolute atomic E-state index is 5.95. The number of benzene rings is 1. The SMILES string of the molecule is Cc1cnc(Cc2ccc3ncc(Cl)cc3c2)[nH]1. The summed E-state index contributed by atoms with van der Waals surface area (Å²) in [6.45, 7) is 2.00. The molecule has 0 fully saturated rings. The number of pyridine rings is 1. The molecule has 3 rings (SSSR count). The summed E-state index contributed by atoms with van der Waals surface area (Å²) >= 11 is 5.95. The number of halogens is 1. The van der Waals surface area contributed by atoms with Crippen molar-refractivity contribution in [1.29, 1.82) is 0 Å². The lowest BCUT2D eigenvalue weighted by atomic mass is 10.1. The summed E-state index contributed by atoms with van der Waals surface area (Å²) in [6, 6.07) is 8.12. The van der Waals surface area contributed by atoms with Crippen molar-refractivity contribution in [3.63, 3.8) is 0 Å². The Hall–Kier alpha value is -1.87. The smallest absolute Gasteiger partial charge is 0.110 e. The molecule has 0 aliphatic carbocycles. The predicted molar refractivity (Wildman–Crippen MR) is 72.9 cm³/mol. The number of hydrogen-bond donors (Lipinski definition) is 1. The van der Waals surface area contributed by atoms with Gasteiger partial charge in [-0.1, -0.05) is 17.7 Å². The number of hydrogen-bond acceptors (Lipinski definition) is 2. The molecule has 0 amide bonds. The van der Waals surface area contributed by atoms with Gasteiger partial charge in [-0.05, 0) is 30.7 Å². The summed E-state index contributed by atoms with van der Waals surface area (Å²) in [4.78, 5) is 11.8. The van der Waals surface area contributed by atoms with Crippen LogP contribution in [0.15, 0.2) is 36.7 Å². The van der Waals surface area contributed by atoms with Crippen LogP contribution < -0.4 is 0 Å². The number of aromatic amines is 1. The molecule has 4 heteroatoms. The van der Waals surface area contributed by atoms with Crippen molar-refractivity contribution in [3.8, 4) is 0 Å². The fraction of sp³-hybridized carbons (Fsp3) is 0.143. The highest BCUT2D eigenvalue weighted by molar-refractivity contribution is 6.31. The van der Waals surface area contributed by atoms with E-state index in [0.29, 0.717) is 5.02 Å². The second-order valence-electron chi connectivity index (χ2n) is 4.37. The molecular formula is C14H12ClN3. The molecule has 2 aromatic heterocycles. The van der Waals surface area contributed by atoms with E-state index in [9.17, 15) is 0 Å². The number of fused-ring (bicyclic) bond motifs is 1. The zero-order chi connectivity index (χ0) is 12.5. The Morgan fingerprint density at radius 2 is 2.06 bits per heavy atom. The quantitative estimate of drug-likeness (QED) is 0.763. The molecule has 0 aliphatic heterocycles. The fourth-order valence-electron chi connectivity index (χ4n) is 2.01. The van der Waals surface area contributed by atoms with E-state index < -0.39 is 0 Å². The topological polar surface area (TPSA) is 41.6 Å². The summed E-state index contributed by atoms with van der Waals surface area (Å²) in [6.07, 6.45) is 4.30. The van der Waals surface area contributed by atoms with Gasteiger partial charge < -0.3 is 4.98 Å². The average molecular weight is 258 g/mol. The highest BCUT2D eigenvalue weighted by Gasteiger charge is 2.02. The van der Waals surface area contributed by atoms with Gasteiger partial charge in [0.25, 0.3) is 0 Å². The molecular weight excluding hydrogens is 246 g/mol. The second kappa shape index (κ2) is 4.42. The van der Waals surface area contributed by atoms with E-state index in [1.165, 1.54) is 5.56 Å². The van der Waals surface area contributed by atoms with Crippen molar-refractivity contribution >= 4 is 22.5 Å². The van der Waals surface area contributed by atoms with Crippen LogP contribution in [0.25, 0.3) is 10.9 Å². The van der Waals surface area contributed by atoms with Gasteiger partial charge in [0, 0.05) is 29.9 Å². The van der Waals surface area contributed by atoms with E-state index in [1.54, 1.807) is 6.20 Å². The average Bonchev–Trinajstić information content (AvgIpc) is 2.74. The molecule has 3 nitrogen and oxygen atoms in total. The number of H-pyrrole nitrogens is 1. The maximum Gasteiger partial charge on any atom is 0.110 e.